The van der Waals surface area contributed by atoms with E-state index >= 15 is 0 Å². The number of aromatic nitrogens is 1. The summed E-state index contributed by atoms with van der Waals surface area (Å²) in [5.74, 6) is 1.16. The molecule has 110 valence electrons. The van der Waals surface area contributed by atoms with Gasteiger partial charge in [-0.2, -0.15) is 0 Å². The Labute approximate surface area is 123 Å². The number of halogens is 1. The Kier molecular flexibility index (Phi) is 4.15. The zero-order valence-electron chi connectivity index (χ0n) is 11.9. The number of hydrogen-bond donors (Lipinski definition) is 1. The number of pyridine rings is 1. The third kappa shape index (κ3) is 3.05. The number of nitrogens with zero attached hydrogens (tertiary/aromatic N) is 2. The van der Waals surface area contributed by atoms with Gasteiger partial charge in [-0.1, -0.05) is 18.2 Å². The normalized spacial score (nSPS) is 17.0. The molecule has 0 bridgehead atoms. The summed E-state index contributed by atoms with van der Waals surface area (Å²) in [6, 6.07) is 6.76. The number of aliphatic hydroxyl groups excluding tert-OH is 1. The summed E-state index contributed by atoms with van der Waals surface area (Å²) in [5.41, 5.74) is 0. The van der Waals surface area contributed by atoms with Crippen LogP contribution in [0.4, 0.5) is 10.2 Å². The van der Waals surface area contributed by atoms with Gasteiger partial charge >= 0.3 is 0 Å². The largest absolute Gasteiger partial charge is 0.392 e. The summed E-state index contributed by atoms with van der Waals surface area (Å²) in [6.07, 6.45) is 7.75. The van der Waals surface area contributed by atoms with E-state index in [1.807, 2.05) is 12.1 Å². The molecule has 2 aromatic rings. The lowest BCUT2D eigenvalue weighted by atomic mass is 9.96. The fourth-order valence-electron chi connectivity index (χ4n) is 2.93. The number of allylic oxidation sites excluding steroid dienone is 1. The van der Waals surface area contributed by atoms with Gasteiger partial charge in [0.1, 0.15) is 11.6 Å². The highest BCUT2D eigenvalue weighted by molar-refractivity contribution is 5.92. The van der Waals surface area contributed by atoms with Crippen LogP contribution in [0.3, 0.4) is 0 Å². The number of hydrogen-bond acceptors (Lipinski definition) is 3. The monoisotopic (exact) mass is 286 g/mol. The molecule has 1 aliphatic rings. The highest BCUT2D eigenvalue weighted by Gasteiger charge is 2.19. The number of anilines is 1. The molecular weight excluding hydrogens is 267 g/mol. The second kappa shape index (κ2) is 6.22. The van der Waals surface area contributed by atoms with Gasteiger partial charge in [-0.3, -0.25) is 0 Å². The Hall–Kier alpha value is -1.94. The van der Waals surface area contributed by atoms with E-state index < -0.39 is 0 Å². The maximum Gasteiger partial charge on any atom is 0.136 e. The lowest BCUT2D eigenvalue weighted by molar-refractivity contribution is 0.340. The molecule has 3 nitrogen and oxygen atoms in total. The number of piperidine rings is 1. The fourth-order valence-corrected chi connectivity index (χ4v) is 2.93. The van der Waals surface area contributed by atoms with Gasteiger partial charge in [0.2, 0.25) is 0 Å². The Morgan fingerprint density at radius 3 is 2.86 bits per heavy atom. The van der Waals surface area contributed by atoms with E-state index in [4.69, 9.17) is 5.11 Å². The van der Waals surface area contributed by atoms with Gasteiger partial charge in [0, 0.05) is 24.7 Å². The zero-order valence-corrected chi connectivity index (χ0v) is 11.9. The van der Waals surface area contributed by atoms with Gasteiger partial charge < -0.3 is 10.0 Å². The first kappa shape index (κ1) is 14.0. The molecule has 0 unspecified atom stereocenters. The predicted molar refractivity (Wildman–Crippen MR) is 82.9 cm³/mol. The minimum atomic E-state index is -0.225. The van der Waals surface area contributed by atoms with E-state index in [1.165, 1.54) is 6.07 Å². The van der Waals surface area contributed by atoms with Crippen LogP contribution in [0, 0.1) is 11.7 Å². The van der Waals surface area contributed by atoms with Gasteiger partial charge in [-0.25, -0.2) is 9.37 Å². The van der Waals surface area contributed by atoms with E-state index in [1.54, 1.807) is 18.3 Å². The molecular formula is C17H19FN2O. The summed E-state index contributed by atoms with van der Waals surface area (Å²) in [5, 5.41) is 10.7. The fraction of sp³-hybridized carbons (Fsp3) is 0.353. The van der Waals surface area contributed by atoms with Crippen LogP contribution in [0.1, 0.15) is 12.8 Å². The van der Waals surface area contributed by atoms with Crippen molar-refractivity contribution in [1.29, 1.82) is 0 Å². The standard InChI is InChI=1S/C17H19FN2O/c18-15-4-3-14-5-8-19-17(16(14)12-15)20-9-6-13(7-10-20)2-1-11-21/h1-5,8,12-13,21H,6-7,9-11H2/b2-1-. The molecule has 3 rings (SSSR count). The lowest BCUT2D eigenvalue weighted by Gasteiger charge is -2.32. The SMILES string of the molecule is OC/C=C\C1CCN(c2nccc3ccc(F)cc23)CC1. The average Bonchev–Trinajstić information content (AvgIpc) is 2.53. The maximum atomic E-state index is 13.5. The summed E-state index contributed by atoms with van der Waals surface area (Å²) in [7, 11) is 0. The molecule has 0 saturated carbocycles. The molecule has 4 heteroatoms. The van der Waals surface area contributed by atoms with E-state index in [9.17, 15) is 4.39 Å². The van der Waals surface area contributed by atoms with Crippen LogP contribution >= 0.6 is 0 Å². The van der Waals surface area contributed by atoms with E-state index in [2.05, 4.69) is 16.0 Å². The van der Waals surface area contributed by atoms with Crippen LogP contribution in [-0.4, -0.2) is 29.8 Å². The third-order valence-electron chi connectivity index (χ3n) is 4.06. The predicted octanol–water partition coefficient (Wildman–Crippen LogP) is 3.14. The summed E-state index contributed by atoms with van der Waals surface area (Å²) in [6.45, 7) is 1.91. The van der Waals surface area contributed by atoms with Crippen molar-refractivity contribution in [3.63, 3.8) is 0 Å². The van der Waals surface area contributed by atoms with Gasteiger partial charge in [0.05, 0.1) is 6.61 Å². The van der Waals surface area contributed by atoms with Crippen molar-refractivity contribution in [2.75, 3.05) is 24.6 Å². The van der Waals surface area contributed by atoms with Crippen molar-refractivity contribution < 1.29 is 9.50 Å². The molecule has 1 aliphatic heterocycles. The van der Waals surface area contributed by atoms with Crippen LogP contribution in [-0.2, 0) is 0 Å². The Bertz CT molecular complexity index is 648. The Balaban J connectivity index is 1.82. The molecule has 1 fully saturated rings. The first-order chi connectivity index (χ1) is 10.3. The van der Waals surface area contributed by atoms with E-state index in [-0.39, 0.29) is 12.4 Å². The highest BCUT2D eigenvalue weighted by Crippen LogP contribution is 2.29. The smallest absolute Gasteiger partial charge is 0.136 e. The average molecular weight is 286 g/mol. The first-order valence-corrected chi connectivity index (χ1v) is 7.34. The molecule has 0 atom stereocenters. The third-order valence-corrected chi connectivity index (χ3v) is 4.06. The van der Waals surface area contributed by atoms with Gasteiger partial charge in [-0.05, 0) is 42.3 Å². The van der Waals surface area contributed by atoms with Gasteiger partial charge in [0.15, 0.2) is 0 Å². The topological polar surface area (TPSA) is 36.4 Å². The summed E-state index contributed by atoms with van der Waals surface area (Å²) >= 11 is 0. The second-order valence-corrected chi connectivity index (χ2v) is 5.44. The Morgan fingerprint density at radius 1 is 1.29 bits per heavy atom. The number of aliphatic hydroxyl groups is 1. The van der Waals surface area contributed by atoms with E-state index in [0.29, 0.717) is 5.92 Å². The molecule has 0 aliphatic carbocycles. The summed E-state index contributed by atoms with van der Waals surface area (Å²) in [4.78, 5) is 6.69. The van der Waals surface area contributed by atoms with Crippen LogP contribution < -0.4 is 4.90 Å². The molecule has 0 spiro atoms. The zero-order chi connectivity index (χ0) is 14.7. The lowest BCUT2D eigenvalue weighted by Crippen LogP contribution is -2.33. The Morgan fingerprint density at radius 2 is 2.10 bits per heavy atom. The molecule has 21 heavy (non-hydrogen) atoms. The highest BCUT2D eigenvalue weighted by atomic mass is 19.1. The van der Waals surface area contributed by atoms with Gasteiger partial charge in [-0.15, -0.1) is 0 Å². The second-order valence-electron chi connectivity index (χ2n) is 5.44. The van der Waals surface area contributed by atoms with Gasteiger partial charge in [0.25, 0.3) is 0 Å². The molecule has 1 N–H and O–H groups in total. The van der Waals surface area contributed by atoms with Crippen LogP contribution in [0.25, 0.3) is 10.8 Å². The first-order valence-electron chi connectivity index (χ1n) is 7.34. The molecule has 0 amide bonds. The van der Waals surface area contributed by atoms with Crippen LogP contribution in [0.15, 0.2) is 42.6 Å². The summed E-state index contributed by atoms with van der Waals surface area (Å²) < 4.78 is 13.5. The van der Waals surface area contributed by atoms with Crippen molar-refractivity contribution in [2.24, 2.45) is 5.92 Å². The number of fused-ring (bicyclic) bond motifs is 1. The minimum Gasteiger partial charge on any atom is -0.392 e. The number of rotatable bonds is 3. The molecule has 0 radical (unpaired) electrons. The molecule has 1 aromatic heterocycles. The molecule has 1 saturated heterocycles. The minimum absolute atomic E-state index is 0.102. The van der Waals surface area contributed by atoms with Crippen LogP contribution in [0.2, 0.25) is 0 Å². The van der Waals surface area contributed by atoms with Crippen molar-refractivity contribution in [3.8, 4) is 0 Å². The van der Waals surface area contributed by atoms with Crippen molar-refractivity contribution in [1.82, 2.24) is 4.98 Å². The maximum absolute atomic E-state index is 13.5. The number of benzene rings is 1. The molecule has 1 aromatic carbocycles. The van der Waals surface area contributed by atoms with Crippen molar-refractivity contribution in [3.05, 3.63) is 48.4 Å². The van der Waals surface area contributed by atoms with Crippen molar-refractivity contribution in [2.45, 2.75) is 12.8 Å². The van der Waals surface area contributed by atoms with Crippen molar-refractivity contribution >= 4 is 16.6 Å². The quantitative estimate of drug-likeness (QED) is 0.881. The van der Waals surface area contributed by atoms with E-state index in [0.717, 1.165) is 42.5 Å². The molecule has 2 heterocycles. The van der Waals surface area contributed by atoms with Crippen LogP contribution in [0.5, 0.6) is 0 Å².